The SMILES string of the molecule is CCCCN(CC(F)(F)F)C(=O)CS(=O)(=O)c1ccc(Cl)cc1. The minimum atomic E-state index is -4.58. The molecular formula is C14H17ClF3NO3S. The molecule has 0 aliphatic rings. The monoisotopic (exact) mass is 371 g/mol. The lowest BCUT2D eigenvalue weighted by Gasteiger charge is -2.23. The molecule has 0 saturated carbocycles. The first kappa shape index (κ1) is 19.8. The van der Waals surface area contributed by atoms with Gasteiger partial charge in [0.1, 0.15) is 12.3 Å². The maximum Gasteiger partial charge on any atom is 0.406 e. The predicted molar refractivity (Wildman–Crippen MR) is 81.0 cm³/mol. The summed E-state index contributed by atoms with van der Waals surface area (Å²) in [6.45, 7) is 0.174. The number of carbonyl (C=O) groups excluding carboxylic acids is 1. The zero-order valence-electron chi connectivity index (χ0n) is 12.4. The molecule has 1 aromatic rings. The third-order valence-corrected chi connectivity index (χ3v) is 4.86. The number of halogens is 4. The number of benzene rings is 1. The zero-order valence-corrected chi connectivity index (χ0v) is 14.0. The van der Waals surface area contributed by atoms with Crippen molar-refractivity contribution in [3.63, 3.8) is 0 Å². The molecular weight excluding hydrogens is 355 g/mol. The van der Waals surface area contributed by atoms with Crippen LogP contribution in [-0.4, -0.2) is 44.2 Å². The summed E-state index contributed by atoms with van der Waals surface area (Å²) in [6.07, 6.45) is -3.62. The maximum atomic E-state index is 12.5. The van der Waals surface area contributed by atoms with Crippen LogP contribution in [0.5, 0.6) is 0 Å². The van der Waals surface area contributed by atoms with E-state index in [9.17, 15) is 26.4 Å². The predicted octanol–water partition coefficient (Wildman–Crippen LogP) is 3.30. The van der Waals surface area contributed by atoms with Crippen molar-refractivity contribution < 1.29 is 26.4 Å². The standard InChI is InChI=1S/C14H17ClF3NO3S/c1-2-3-8-19(10-14(16,17)18)13(20)9-23(21,22)12-6-4-11(15)5-7-12/h4-7H,2-3,8-10H2,1H3. The molecule has 0 N–H and O–H groups in total. The van der Waals surface area contributed by atoms with Crippen LogP contribution in [0.2, 0.25) is 5.02 Å². The lowest BCUT2D eigenvalue weighted by atomic mass is 10.3. The summed E-state index contributed by atoms with van der Waals surface area (Å²) >= 11 is 5.65. The highest BCUT2D eigenvalue weighted by molar-refractivity contribution is 7.92. The van der Waals surface area contributed by atoms with Gasteiger partial charge in [-0.2, -0.15) is 13.2 Å². The van der Waals surface area contributed by atoms with Crippen molar-refractivity contribution in [2.45, 2.75) is 30.8 Å². The molecule has 1 aromatic carbocycles. The Labute approximate surface area is 138 Å². The van der Waals surface area contributed by atoms with Crippen LogP contribution in [0.1, 0.15) is 19.8 Å². The molecule has 0 heterocycles. The van der Waals surface area contributed by atoms with Crippen LogP contribution in [0, 0.1) is 0 Å². The van der Waals surface area contributed by atoms with Gasteiger partial charge in [-0.3, -0.25) is 4.79 Å². The molecule has 0 atom stereocenters. The van der Waals surface area contributed by atoms with Gasteiger partial charge in [-0.15, -0.1) is 0 Å². The van der Waals surface area contributed by atoms with E-state index in [0.29, 0.717) is 22.8 Å². The molecule has 0 spiro atoms. The molecule has 0 radical (unpaired) electrons. The van der Waals surface area contributed by atoms with E-state index in [2.05, 4.69) is 0 Å². The van der Waals surface area contributed by atoms with Crippen LogP contribution in [0.4, 0.5) is 13.2 Å². The molecule has 1 amide bonds. The van der Waals surface area contributed by atoms with Gasteiger partial charge in [-0.25, -0.2) is 8.42 Å². The Balaban J connectivity index is 2.89. The zero-order chi connectivity index (χ0) is 17.7. The molecule has 0 saturated heterocycles. The number of sulfone groups is 1. The fourth-order valence-corrected chi connectivity index (χ4v) is 3.19. The van der Waals surface area contributed by atoms with E-state index in [1.165, 1.54) is 24.3 Å². The van der Waals surface area contributed by atoms with Crippen LogP contribution in [0.3, 0.4) is 0 Å². The highest BCUT2D eigenvalue weighted by Crippen LogP contribution is 2.19. The molecule has 130 valence electrons. The Bertz CT molecular complexity index is 630. The van der Waals surface area contributed by atoms with Crippen LogP contribution in [0.15, 0.2) is 29.2 Å². The second-order valence-electron chi connectivity index (χ2n) is 5.00. The van der Waals surface area contributed by atoms with Gasteiger partial charge < -0.3 is 4.90 Å². The summed E-state index contributed by atoms with van der Waals surface area (Å²) in [6, 6.07) is 5.10. The van der Waals surface area contributed by atoms with E-state index in [1.807, 2.05) is 0 Å². The first-order valence-electron chi connectivity index (χ1n) is 6.88. The van der Waals surface area contributed by atoms with Crippen LogP contribution in [0.25, 0.3) is 0 Å². The average Bonchev–Trinajstić information content (AvgIpc) is 2.42. The van der Waals surface area contributed by atoms with Crippen molar-refractivity contribution in [3.8, 4) is 0 Å². The van der Waals surface area contributed by atoms with E-state index in [0.717, 1.165) is 0 Å². The minimum absolute atomic E-state index is 0.134. The third-order valence-electron chi connectivity index (χ3n) is 2.99. The Morgan fingerprint density at radius 2 is 1.78 bits per heavy atom. The summed E-state index contributed by atoms with van der Waals surface area (Å²) in [5.74, 6) is -2.07. The molecule has 0 aliphatic carbocycles. The Kier molecular flexibility index (Phi) is 6.88. The number of carbonyl (C=O) groups is 1. The van der Waals surface area contributed by atoms with Crippen molar-refractivity contribution in [2.24, 2.45) is 0 Å². The van der Waals surface area contributed by atoms with Crippen molar-refractivity contribution in [3.05, 3.63) is 29.3 Å². The Hall–Kier alpha value is -1.28. The number of nitrogens with zero attached hydrogens (tertiary/aromatic N) is 1. The van der Waals surface area contributed by atoms with Gasteiger partial charge in [0.2, 0.25) is 5.91 Å². The second-order valence-corrected chi connectivity index (χ2v) is 7.42. The number of amides is 1. The van der Waals surface area contributed by atoms with Crippen molar-refractivity contribution in [2.75, 3.05) is 18.8 Å². The molecule has 1 rings (SSSR count). The molecule has 0 aromatic heterocycles. The highest BCUT2D eigenvalue weighted by atomic mass is 35.5. The van der Waals surface area contributed by atoms with Gasteiger partial charge in [0, 0.05) is 11.6 Å². The van der Waals surface area contributed by atoms with Crippen LogP contribution < -0.4 is 0 Å². The maximum absolute atomic E-state index is 12.5. The second kappa shape index (κ2) is 8.01. The number of alkyl halides is 3. The number of hydrogen-bond acceptors (Lipinski definition) is 3. The van der Waals surface area contributed by atoms with Gasteiger partial charge >= 0.3 is 6.18 Å². The van der Waals surface area contributed by atoms with E-state index in [4.69, 9.17) is 11.6 Å². The number of hydrogen-bond donors (Lipinski definition) is 0. The molecule has 23 heavy (non-hydrogen) atoms. The third kappa shape index (κ3) is 6.78. The Morgan fingerprint density at radius 3 is 2.26 bits per heavy atom. The minimum Gasteiger partial charge on any atom is -0.333 e. The van der Waals surface area contributed by atoms with Gasteiger partial charge in [0.05, 0.1) is 4.90 Å². The summed E-state index contributed by atoms with van der Waals surface area (Å²) < 4.78 is 61.9. The number of rotatable bonds is 7. The van der Waals surface area contributed by atoms with E-state index >= 15 is 0 Å². The number of unbranched alkanes of at least 4 members (excludes halogenated alkanes) is 1. The Morgan fingerprint density at radius 1 is 1.22 bits per heavy atom. The first-order valence-corrected chi connectivity index (χ1v) is 8.91. The summed E-state index contributed by atoms with van der Waals surface area (Å²) in [7, 11) is -4.02. The van der Waals surface area contributed by atoms with Gasteiger partial charge in [0.15, 0.2) is 9.84 Å². The topological polar surface area (TPSA) is 54.5 Å². The molecule has 0 unspecified atom stereocenters. The van der Waals surface area contributed by atoms with E-state index in [1.54, 1.807) is 6.92 Å². The van der Waals surface area contributed by atoms with Crippen molar-refractivity contribution >= 4 is 27.3 Å². The van der Waals surface area contributed by atoms with Crippen molar-refractivity contribution in [1.29, 1.82) is 0 Å². The lowest BCUT2D eigenvalue weighted by Crippen LogP contribution is -2.42. The lowest BCUT2D eigenvalue weighted by molar-refractivity contribution is -0.159. The molecule has 0 fully saturated rings. The highest BCUT2D eigenvalue weighted by Gasteiger charge is 2.34. The van der Waals surface area contributed by atoms with Gasteiger partial charge in [-0.05, 0) is 30.7 Å². The summed E-state index contributed by atoms with van der Waals surface area (Å²) in [4.78, 5) is 12.4. The van der Waals surface area contributed by atoms with Crippen LogP contribution >= 0.6 is 11.6 Å². The fraction of sp³-hybridized carbons (Fsp3) is 0.500. The molecule has 9 heteroatoms. The smallest absolute Gasteiger partial charge is 0.333 e. The first-order chi connectivity index (χ1) is 10.5. The van der Waals surface area contributed by atoms with Crippen LogP contribution in [-0.2, 0) is 14.6 Å². The average molecular weight is 372 g/mol. The van der Waals surface area contributed by atoms with Crippen molar-refractivity contribution in [1.82, 2.24) is 4.90 Å². The summed E-state index contributed by atoms with van der Waals surface area (Å²) in [5, 5.41) is 0.317. The quantitative estimate of drug-likeness (QED) is 0.739. The molecule has 4 nitrogen and oxygen atoms in total. The largest absolute Gasteiger partial charge is 0.406 e. The fourth-order valence-electron chi connectivity index (χ4n) is 1.84. The molecule has 0 aliphatic heterocycles. The normalized spacial score (nSPS) is 12.2. The summed E-state index contributed by atoms with van der Waals surface area (Å²) in [5.41, 5.74) is 0. The van der Waals surface area contributed by atoms with Gasteiger partial charge in [0.25, 0.3) is 0 Å². The van der Waals surface area contributed by atoms with E-state index < -0.39 is 34.2 Å². The molecule has 0 bridgehead atoms. The van der Waals surface area contributed by atoms with Gasteiger partial charge in [-0.1, -0.05) is 24.9 Å². The van der Waals surface area contributed by atoms with E-state index in [-0.39, 0.29) is 11.4 Å².